The number of rotatable bonds is 4. The highest BCUT2D eigenvalue weighted by molar-refractivity contribution is 5.79. The molecule has 2 aromatic carbocycles. The van der Waals surface area contributed by atoms with Crippen LogP contribution in [0.4, 0.5) is 8.78 Å². The molecule has 1 aliphatic rings. The second-order valence-electron chi connectivity index (χ2n) is 6.44. The van der Waals surface area contributed by atoms with E-state index in [1.165, 1.54) is 19.1 Å². The molecule has 2 atom stereocenters. The van der Waals surface area contributed by atoms with Crippen LogP contribution >= 0.6 is 0 Å². The van der Waals surface area contributed by atoms with Crippen LogP contribution in [0, 0.1) is 17.6 Å². The summed E-state index contributed by atoms with van der Waals surface area (Å²) in [6.45, 7) is 3.45. The summed E-state index contributed by atoms with van der Waals surface area (Å²) in [4.78, 5) is 12.0. The Morgan fingerprint density at radius 3 is 2.68 bits per heavy atom. The van der Waals surface area contributed by atoms with E-state index in [4.69, 9.17) is 4.74 Å². The van der Waals surface area contributed by atoms with Crippen molar-refractivity contribution in [2.75, 3.05) is 0 Å². The molecule has 0 spiro atoms. The largest absolute Gasteiger partial charge is 0.423 e. The van der Waals surface area contributed by atoms with Gasteiger partial charge in [0, 0.05) is 11.1 Å². The predicted molar refractivity (Wildman–Crippen MR) is 90.2 cm³/mol. The molecule has 0 amide bonds. The van der Waals surface area contributed by atoms with E-state index in [1.54, 1.807) is 18.2 Å². The van der Waals surface area contributed by atoms with Gasteiger partial charge in [-0.25, -0.2) is 8.78 Å². The van der Waals surface area contributed by atoms with Gasteiger partial charge in [0.1, 0.15) is 5.82 Å². The van der Waals surface area contributed by atoms with E-state index >= 15 is 0 Å². The maximum Gasteiger partial charge on any atom is 0.314 e. The highest BCUT2D eigenvalue weighted by atomic mass is 19.1. The van der Waals surface area contributed by atoms with Gasteiger partial charge in [0.15, 0.2) is 11.6 Å². The third-order valence-corrected chi connectivity index (χ3v) is 4.58. The van der Waals surface area contributed by atoms with Crippen LogP contribution in [0.1, 0.15) is 43.9 Å². The maximum atomic E-state index is 14.9. The zero-order chi connectivity index (χ0) is 18.1. The molecule has 0 radical (unpaired) electrons. The zero-order valence-electron chi connectivity index (χ0n) is 14.2. The number of hydrogen-bond acceptors (Lipinski definition) is 3. The van der Waals surface area contributed by atoms with Crippen molar-refractivity contribution in [2.24, 2.45) is 5.92 Å². The predicted octanol–water partition coefficient (Wildman–Crippen LogP) is 4.56. The lowest BCUT2D eigenvalue weighted by molar-refractivity contribution is -0.140. The molecule has 132 valence electrons. The minimum absolute atomic E-state index is 0.0603. The minimum Gasteiger partial charge on any atom is -0.423 e. The summed E-state index contributed by atoms with van der Waals surface area (Å²) in [5.41, 5.74) is 1.29. The number of halogens is 2. The molecule has 2 aromatic rings. The van der Waals surface area contributed by atoms with Crippen LogP contribution in [0.5, 0.6) is 5.75 Å². The molecule has 5 heteroatoms. The van der Waals surface area contributed by atoms with E-state index < -0.39 is 23.7 Å². The number of esters is 1. The Hall–Kier alpha value is -2.27. The van der Waals surface area contributed by atoms with Gasteiger partial charge in [0.25, 0.3) is 0 Å². The summed E-state index contributed by atoms with van der Waals surface area (Å²) >= 11 is 0. The number of aliphatic hydroxyl groups excluding tert-OH is 1. The monoisotopic (exact) mass is 346 g/mol. The first-order valence-corrected chi connectivity index (χ1v) is 8.43. The average Bonchev–Trinajstić information content (AvgIpc) is 2.56. The Bertz CT molecular complexity index is 815. The number of aliphatic hydroxyl groups is 1. The molecule has 0 saturated carbocycles. The summed E-state index contributed by atoms with van der Waals surface area (Å²) in [5.74, 6) is -1.99. The van der Waals surface area contributed by atoms with Crippen molar-refractivity contribution in [3.8, 4) is 16.9 Å². The van der Waals surface area contributed by atoms with Gasteiger partial charge < -0.3 is 9.84 Å². The van der Waals surface area contributed by atoms with Gasteiger partial charge >= 0.3 is 5.97 Å². The minimum atomic E-state index is -0.945. The summed E-state index contributed by atoms with van der Waals surface area (Å²) < 4.78 is 34.2. The Morgan fingerprint density at radius 2 is 2.04 bits per heavy atom. The van der Waals surface area contributed by atoms with Gasteiger partial charge in [-0.15, -0.1) is 0 Å². The standard InChI is InChI=1S/C20H20F2O3/c1-3-4-14-9-13-6-8-16(18(22)19(13)25-20(14)24)12-5-7-15(11(2)23)17(21)10-12/h5-8,10-11,14,23H,3-4,9H2,1-2H3. The van der Waals surface area contributed by atoms with Crippen LogP contribution in [-0.4, -0.2) is 11.1 Å². The Morgan fingerprint density at radius 1 is 1.28 bits per heavy atom. The van der Waals surface area contributed by atoms with Crippen molar-refractivity contribution in [3.63, 3.8) is 0 Å². The smallest absolute Gasteiger partial charge is 0.314 e. The normalized spacial score (nSPS) is 17.8. The summed E-state index contributed by atoms with van der Waals surface area (Å²) in [7, 11) is 0. The van der Waals surface area contributed by atoms with E-state index in [9.17, 15) is 18.7 Å². The maximum absolute atomic E-state index is 14.9. The molecule has 2 unspecified atom stereocenters. The lowest BCUT2D eigenvalue weighted by Crippen LogP contribution is -2.28. The van der Waals surface area contributed by atoms with Crippen molar-refractivity contribution in [3.05, 3.63) is 53.1 Å². The highest BCUT2D eigenvalue weighted by Gasteiger charge is 2.31. The van der Waals surface area contributed by atoms with Crippen LogP contribution < -0.4 is 4.74 Å². The van der Waals surface area contributed by atoms with Crippen LogP contribution in [0.25, 0.3) is 11.1 Å². The van der Waals surface area contributed by atoms with Crippen molar-refractivity contribution >= 4 is 5.97 Å². The van der Waals surface area contributed by atoms with Gasteiger partial charge in [-0.2, -0.15) is 0 Å². The van der Waals surface area contributed by atoms with Crippen molar-refractivity contribution in [1.82, 2.24) is 0 Å². The van der Waals surface area contributed by atoms with Crippen LogP contribution in [0.15, 0.2) is 30.3 Å². The van der Waals surface area contributed by atoms with Gasteiger partial charge in [0.05, 0.1) is 12.0 Å². The molecule has 3 nitrogen and oxygen atoms in total. The highest BCUT2D eigenvalue weighted by Crippen LogP contribution is 2.38. The zero-order valence-corrected chi connectivity index (χ0v) is 14.2. The number of carbonyl (C=O) groups excluding carboxylic acids is 1. The molecule has 1 heterocycles. The van der Waals surface area contributed by atoms with Gasteiger partial charge in [-0.3, -0.25) is 4.79 Å². The lowest BCUT2D eigenvalue weighted by atomic mass is 9.90. The van der Waals surface area contributed by atoms with Crippen molar-refractivity contribution in [2.45, 2.75) is 39.2 Å². The molecule has 1 aliphatic heterocycles. The third-order valence-electron chi connectivity index (χ3n) is 4.58. The first-order chi connectivity index (χ1) is 11.9. The summed E-state index contributed by atoms with van der Waals surface area (Å²) in [6.07, 6.45) is 1.06. The Balaban J connectivity index is 2.00. The second kappa shape index (κ2) is 6.92. The molecule has 0 bridgehead atoms. The van der Waals surface area contributed by atoms with Gasteiger partial charge in [-0.1, -0.05) is 37.6 Å². The average molecular weight is 346 g/mol. The molecule has 1 N–H and O–H groups in total. The van der Waals surface area contributed by atoms with Gasteiger partial charge in [0.2, 0.25) is 0 Å². The van der Waals surface area contributed by atoms with E-state index in [2.05, 4.69) is 0 Å². The fraction of sp³-hybridized carbons (Fsp3) is 0.350. The number of benzene rings is 2. The SMILES string of the molecule is CCCC1Cc2ccc(-c3ccc(C(C)O)c(F)c3)c(F)c2OC1=O. The number of carbonyl (C=O) groups is 1. The second-order valence-corrected chi connectivity index (χ2v) is 6.44. The first-order valence-electron chi connectivity index (χ1n) is 8.43. The fourth-order valence-corrected chi connectivity index (χ4v) is 3.22. The molecule has 0 fully saturated rings. The van der Waals surface area contributed by atoms with Crippen LogP contribution in [0.3, 0.4) is 0 Å². The molecule has 0 aliphatic carbocycles. The molecular weight excluding hydrogens is 326 g/mol. The van der Waals surface area contributed by atoms with Crippen LogP contribution in [-0.2, 0) is 11.2 Å². The molecule has 25 heavy (non-hydrogen) atoms. The third kappa shape index (κ3) is 3.29. The van der Waals surface area contributed by atoms with Crippen molar-refractivity contribution < 1.29 is 23.4 Å². The van der Waals surface area contributed by atoms with Crippen molar-refractivity contribution in [1.29, 1.82) is 0 Å². The van der Waals surface area contributed by atoms with Gasteiger partial charge in [-0.05, 0) is 37.0 Å². The number of hydrogen-bond donors (Lipinski definition) is 1. The quantitative estimate of drug-likeness (QED) is 0.652. The Labute approximate surface area is 145 Å². The topological polar surface area (TPSA) is 46.5 Å². The van der Waals surface area contributed by atoms with E-state index in [1.807, 2.05) is 6.92 Å². The number of ether oxygens (including phenoxy) is 1. The first kappa shape index (κ1) is 17.5. The summed E-state index contributed by atoms with van der Waals surface area (Å²) in [6, 6.07) is 7.45. The number of fused-ring (bicyclic) bond motifs is 1. The lowest BCUT2D eigenvalue weighted by Gasteiger charge is -2.24. The molecule has 0 saturated heterocycles. The molecular formula is C20H20F2O3. The summed E-state index contributed by atoms with van der Waals surface area (Å²) in [5, 5.41) is 9.50. The van der Waals surface area contributed by atoms with E-state index in [-0.39, 0.29) is 22.8 Å². The molecule has 3 rings (SSSR count). The van der Waals surface area contributed by atoms with E-state index in [0.29, 0.717) is 24.0 Å². The molecule has 0 aromatic heterocycles. The fourth-order valence-electron chi connectivity index (χ4n) is 3.22. The van der Waals surface area contributed by atoms with E-state index in [0.717, 1.165) is 6.42 Å². The van der Waals surface area contributed by atoms with Crippen LogP contribution in [0.2, 0.25) is 0 Å². The Kier molecular flexibility index (Phi) is 4.86.